The Morgan fingerprint density at radius 1 is 1.27 bits per heavy atom. The number of aromatic nitrogens is 2. The summed E-state index contributed by atoms with van der Waals surface area (Å²) in [5.74, 6) is 1.15. The fourth-order valence-electron chi connectivity index (χ4n) is 3.64. The second-order valence-corrected chi connectivity index (χ2v) is 7.51. The summed E-state index contributed by atoms with van der Waals surface area (Å²) in [6.45, 7) is 1.31. The number of carbonyl (C=O) groups excluding carboxylic acids is 1. The third-order valence-electron chi connectivity index (χ3n) is 5.34. The van der Waals surface area contributed by atoms with E-state index in [0.717, 1.165) is 31.2 Å². The average Bonchev–Trinajstić information content (AvgIpc) is 3.26. The lowest BCUT2D eigenvalue weighted by Crippen LogP contribution is -2.35. The van der Waals surface area contributed by atoms with E-state index in [0.29, 0.717) is 42.9 Å². The number of nitrogens with one attached hydrogen (secondary N) is 1. The molecule has 6 nitrogen and oxygen atoms in total. The zero-order chi connectivity index (χ0) is 18.0. The quantitative estimate of drug-likeness (QED) is 0.839. The van der Waals surface area contributed by atoms with Gasteiger partial charge in [0.1, 0.15) is 0 Å². The van der Waals surface area contributed by atoms with Gasteiger partial charge < -0.3 is 14.5 Å². The number of carbonyl (C=O) groups is 1. The van der Waals surface area contributed by atoms with Gasteiger partial charge >= 0.3 is 0 Å². The van der Waals surface area contributed by atoms with Crippen LogP contribution in [0.3, 0.4) is 0 Å². The molecule has 1 amide bonds. The summed E-state index contributed by atoms with van der Waals surface area (Å²) < 4.78 is 11.2. The van der Waals surface area contributed by atoms with Crippen molar-refractivity contribution >= 4 is 17.5 Å². The molecule has 1 atom stereocenters. The zero-order valence-corrected chi connectivity index (χ0v) is 15.3. The Balaban J connectivity index is 1.40. The lowest BCUT2D eigenvalue weighted by molar-refractivity contribution is -0.121. The molecule has 7 heteroatoms. The molecule has 1 saturated heterocycles. The third-order valence-corrected chi connectivity index (χ3v) is 5.59. The molecule has 1 saturated carbocycles. The van der Waals surface area contributed by atoms with E-state index in [2.05, 4.69) is 15.5 Å². The first-order chi connectivity index (χ1) is 12.7. The summed E-state index contributed by atoms with van der Waals surface area (Å²) in [6.07, 6.45) is 4.76. The number of ether oxygens (including phenoxy) is 1. The minimum atomic E-state index is -0.209. The summed E-state index contributed by atoms with van der Waals surface area (Å²) in [5.41, 5.74) is 0.946. The molecule has 1 aromatic carbocycles. The Kier molecular flexibility index (Phi) is 4.96. The Labute approximate surface area is 157 Å². The minimum absolute atomic E-state index is 0.00342. The van der Waals surface area contributed by atoms with Crippen molar-refractivity contribution < 1.29 is 13.9 Å². The lowest BCUT2D eigenvalue weighted by atomic mass is 9.64. The Bertz CT molecular complexity index is 765. The molecule has 1 N–H and O–H groups in total. The Morgan fingerprint density at radius 3 is 2.73 bits per heavy atom. The maximum atomic E-state index is 12.0. The molecule has 2 heterocycles. The van der Waals surface area contributed by atoms with Crippen molar-refractivity contribution in [3.05, 3.63) is 46.6 Å². The maximum absolute atomic E-state index is 12.0. The molecule has 0 spiro atoms. The highest BCUT2D eigenvalue weighted by Crippen LogP contribution is 2.48. The largest absolute Gasteiger partial charge is 0.424 e. The van der Waals surface area contributed by atoms with Crippen LogP contribution >= 0.6 is 11.6 Å². The molecule has 2 fully saturated rings. The Hall–Kier alpha value is -1.92. The van der Waals surface area contributed by atoms with Crippen LogP contribution in [0.25, 0.3) is 0 Å². The van der Waals surface area contributed by atoms with E-state index in [-0.39, 0.29) is 17.4 Å². The van der Waals surface area contributed by atoms with E-state index in [1.54, 1.807) is 0 Å². The van der Waals surface area contributed by atoms with Crippen molar-refractivity contribution in [3.63, 3.8) is 0 Å². The summed E-state index contributed by atoms with van der Waals surface area (Å²) in [5, 5.41) is 12.1. The molecular formula is C19H22ClN3O3. The average molecular weight is 376 g/mol. The SMILES string of the molecule is O=C(CCc1nnc(C2(c3ccc(Cl)cc3)CCC2)o1)N[C@H]1CCOC1. The van der Waals surface area contributed by atoms with Gasteiger partial charge in [-0.05, 0) is 37.0 Å². The van der Waals surface area contributed by atoms with Gasteiger partial charge in [0.15, 0.2) is 0 Å². The first-order valence-corrected chi connectivity index (χ1v) is 9.49. The molecule has 1 aromatic heterocycles. The number of rotatable bonds is 6. The highest BCUT2D eigenvalue weighted by atomic mass is 35.5. The summed E-state index contributed by atoms with van der Waals surface area (Å²) in [4.78, 5) is 12.0. The topological polar surface area (TPSA) is 77.2 Å². The van der Waals surface area contributed by atoms with Gasteiger partial charge in [-0.3, -0.25) is 4.79 Å². The predicted molar refractivity (Wildman–Crippen MR) is 96.1 cm³/mol. The van der Waals surface area contributed by atoms with Gasteiger partial charge in [-0.2, -0.15) is 0 Å². The smallest absolute Gasteiger partial charge is 0.227 e. The lowest BCUT2D eigenvalue weighted by Gasteiger charge is -2.39. The molecule has 0 radical (unpaired) electrons. The number of amides is 1. The molecule has 0 unspecified atom stereocenters. The van der Waals surface area contributed by atoms with Crippen molar-refractivity contribution in [2.24, 2.45) is 0 Å². The van der Waals surface area contributed by atoms with E-state index < -0.39 is 0 Å². The van der Waals surface area contributed by atoms with Gasteiger partial charge in [0.2, 0.25) is 17.7 Å². The van der Waals surface area contributed by atoms with Gasteiger partial charge in [-0.15, -0.1) is 10.2 Å². The second-order valence-electron chi connectivity index (χ2n) is 7.07. The number of hydrogen-bond acceptors (Lipinski definition) is 5. The van der Waals surface area contributed by atoms with Crippen molar-refractivity contribution in [2.75, 3.05) is 13.2 Å². The first-order valence-electron chi connectivity index (χ1n) is 9.12. The molecular weight excluding hydrogens is 354 g/mol. The predicted octanol–water partition coefficient (Wildman–Crippen LogP) is 3.03. The van der Waals surface area contributed by atoms with Crippen LogP contribution in [0.4, 0.5) is 0 Å². The molecule has 2 aliphatic rings. The van der Waals surface area contributed by atoms with Crippen LogP contribution in [0, 0.1) is 0 Å². The van der Waals surface area contributed by atoms with E-state index in [9.17, 15) is 4.79 Å². The molecule has 0 bridgehead atoms. The highest BCUT2D eigenvalue weighted by molar-refractivity contribution is 6.30. The van der Waals surface area contributed by atoms with Gasteiger partial charge in [0, 0.05) is 24.5 Å². The maximum Gasteiger partial charge on any atom is 0.227 e. The van der Waals surface area contributed by atoms with E-state index in [1.165, 1.54) is 0 Å². The molecule has 138 valence electrons. The fourth-order valence-corrected chi connectivity index (χ4v) is 3.77. The number of aryl methyl sites for hydroxylation is 1. The van der Waals surface area contributed by atoms with Crippen LogP contribution in [0.2, 0.25) is 5.02 Å². The number of halogens is 1. The first kappa shape index (κ1) is 17.5. The van der Waals surface area contributed by atoms with Gasteiger partial charge in [0.25, 0.3) is 0 Å². The van der Waals surface area contributed by atoms with Crippen LogP contribution in [0.1, 0.15) is 49.4 Å². The second kappa shape index (κ2) is 7.37. The number of nitrogens with zero attached hydrogens (tertiary/aromatic N) is 2. The van der Waals surface area contributed by atoms with Crippen LogP contribution in [0.5, 0.6) is 0 Å². The molecule has 4 rings (SSSR count). The van der Waals surface area contributed by atoms with Crippen molar-refractivity contribution in [1.82, 2.24) is 15.5 Å². The number of hydrogen-bond donors (Lipinski definition) is 1. The van der Waals surface area contributed by atoms with Gasteiger partial charge in [-0.1, -0.05) is 30.2 Å². The highest BCUT2D eigenvalue weighted by Gasteiger charge is 2.45. The van der Waals surface area contributed by atoms with Crippen LogP contribution in [-0.2, 0) is 21.4 Å². The van der Waals surface area contributed by atoms with Crippen molar-refractivity contribution in [2.45, 2.75) is 50.0 Å². The van der Waals surface area contributed by atoms with Crippen molar-refractivity contribution in [1.29, 1.82) is 0 Å². The van der Waals surface area contributed by atoms with E-state index >= 15 is 0 Å². The zero-order valence-electron chi connectivity index (χ0n) is 14.5. The summed E-state index contributed by atoms with van der Waals surface area (Å²) >= 11 is 6.01. The summed E-state index contributed by atoms with van der Waals surface area (Å²) in [7, 11) is 0. The molecule has 1 aliphatic heterocycles. The standard InChI is InChI=1S/C19H22ClN3O3/c20-14-4-2-13(3-5-14)19(9-1-10-19)18-23-22-17(26-18)7-6-16(24)21-15-8-11-25-12-15/h2-5,15H,1,6-12H2,(H,21,24)/t15-/m0/s1. The third kappa shape index (κ3) is 3.48. The van der Waals surface area contributed by atoms with Crippen LogP contribution in [-0.4, -0.2) is 35.4 Å². The van der Waals surface area contributed by atoms with Crippen molar-refractivity contribution in [3.8, 4) is 0 Å². The Morgan fingerprint density at radius 2 is 2.08 bits per heavy atom. The van der Waals surface area contributed by atoms with Gasteiger partial charge in [-0.25, -0.2) is 0 Å². The monoisotopic (exact) mass is 375 g/mol. The molecule has 1 aliphatic carbocycles. The number of benzene rings is 1. The van der Waals surface area contributed by atoms with Crippen LogP contribution in [0.15, 0.2) is 28.7 Å². The van der Waals surface area contributed by atoms with E-state index in [1.807, 2.05) is 24.3 Å². The van der Waals surface area contributed by atoms with Gasteiger partial charge in [0.05, 0.1) is 18.1 Å². The van der Waals surface area contributed by atoms with E-state index in [4.69, 9.17) is 20.8 Å². The summed E-state index contributed by atoms with van der Waals surface area (Å²) in [6, 6.07) is 7.98. The fraction of sp³-hybridized carbons (Fsp3) is 0.526. The molecule has 2 aromatic rings. The molecule has 26 heavy (non-hydrogen) atoms. The minimum Gasteiger partial charge on any atom is -0.424 e. The normalized spacial score (nSPS) is 21.3. The van der Waals surface area contributed by atoms with Crippen LogP contribution < -0.4 is 5.32 Å².